The Morgan fingerprint density at radius 3 is 2.19 bits per heavy atom. The molecule has 42 heavy (non-hydrogen) atoms. The monoisotopic (exact) mass is 576 g/mol. The summed E-state index contributed by atoms with van der Waals surface area (Å²) in [6.45, 7) is 8.03. The number of nitrogens with zero attached hydrogens (tertiary/aromatic N) is 2. The van der Waals surface area contributed by atoms with E-state index in [1.165, 1.54) is 6.92 Å². The molecule has 0 spiro atoms. The Morgan fingerprint density at radius 1 is 0.833 bits per heavy atom. The fraction of sp³-hybridized carbons (Fsp3) is 0.200. The second-order valence-electron chi connectivity index (χ2n) is 10.2. The molecule has 0 N–H and O–H groups in total. The number of thioether (sulfide) groups is 1. The summed E-state index contributed by atoms with van der Waals surface area (Å²) in [6, 6.07) is 27.0. The standard InChI is InChI=1S/C35H32N2O4S/c1-5-37-32-15-13-25(34(39)28-12-7-6-10-23(28)3)20-29(32)30-21-26(14-16-33(30)37)35(40)31(36-41-24(4)38)17-18-42-27-11-8-9-22(2)19-27/h6-16,19-21H,5,17-18H2,1-4H3/b36-31+. The molecule has 0 amide bonds. The lowest BCUT2D eigenvalue weighted by Gasteiger charge is -2.07. The van der Waals surface area contributed by atoms with E-state index in [0.29, 0.717) is 28.9 Å². The lowest BCUT2D eigenvalue weighted by Crippen LogP contribution is -2.16. The first kappa shape index (κ1) is 29.0. The number of fused-ring (bicyclic) bond motifs is 3. The summed E-state index contributed by atoms with van der Waals surface area (Å²) < 4.78 is 2.17. The van der Waals surface area contributed by atoms with Gasteiger partial charge in [0.05, 0.1) is 0 Å². The molecule has 0 aliphatic carbocycles. The lowest BCUT2D eigenvalue weighted by molar-refractivity contribution is -0.140. The van der Waals surface area contributed by atoms with Crippen molar-refractivity contribution in [2.75, 3.05) is 5.75 Å². The number of aromatic nitrogens is 1. The predicted molar refractivity (Wildman–Crippen MR) is 170 cm³/mol. The maximum absolute atomic E-state index is 13.7. The van der Waals surface area contributed by atoms with Crippen molar-refractivity contribution in [2.24, 2.45) is 5.16 Å². The first-order valence-electron chi connectivity index (χ1n) is 13.9. The third kappa shape index (κ3) is 6.06. The van der Waals surface area contributed by atoms with Gasteiger partial charge in [-0.05, 0) is 74.9 Å². The molecule has 0 aliphatic rings. The van der Waals surface area contributed by atoms with Gasteiger partial charge in [0.2, 0.25) is 5.78 Å². The fourth-order valence-corrected chi connectivity index (χ4v) is 6.14. The van der Waals surface area contributed by atoms with Crippen molar-refractivity contribution in [1.82, 2.24) is 4.57 Å². The highest BCUT2D eigenvalue weighted by atomic mass is 32.2. The maximum atomic E-state index is 13.7. The molecule has 1 heterocycles. The van der Waals surface area contributed by atoms with Crippen molar-refractivity contribution in [1.29, 1.82) is 0 Å². The minimum atomic E-state index is -0.584. The third-order valence-electron chi connectivity index (χ3n) is 7.24. The molecule has 0 aliphatic heterocycles. The number of rotatable bonds is 10. The van der Waals surface area contributed by atoms with Crippen LogP contribution >= 0.6 is 11.8 Å². The largest absolute Gasteiger partial charge is 0.341 e. The Bertz CT molecular complexity index is 1870. The van der Waals surface area contributed by atoms with Gasteiger partial charge in [0.15, 0.2) is 5.78 Å². The van der Waals surface area contributed by atoms with Crippen LogP contribution in [0.4, 0.5) is 0 Å². The molecule has 0 unspecified atom stereocenters. The summed E-state index contributed by atoms with van der Waals surface area (Å²) in [7, 11) is 0. The van der Waals surface area contributed by atoms with Gasteiger partial charge in [-0.1, -0.05) is 47.1 Å². The number of carbonyl (C=O) groups is 3. The van der Waals surface area contributed by atoms with E-state index < -0.39 is 5.97 Å². The van der Waals surface area contributed by atoms with E-state index in [1.807, 2.05) is 86.6 Å². The van der Waals surface area contributed by atoms with Gasteiger partial charge in [0.1, 0.15) is 5.71 Å². The van der Waals surface area contributed by atoms with E-state index in [-0.39, 0.29) is 17.3 Å². The van der Waals surface area contributed by atoms with Gasteiger partial charge in [-0.2, -0.15) is 0 Å². The van der Waals surface area contributed by atoms with E-state index in [1.54, 1.807) is 17.8 Å². The number of ketones is 2. The molecular formula is C35H32N2O4S. The van der Waals surface area contributed by atoms with Crippen LogP contribution in [-0.2, 0) is 16.2 Å². The molecule has 7 heteroatoms. The molecule has 212 valence electrons. The van der Waals surface area contributed by atoms with Gasteiger partial charge < -0.3 is 9.40 Å². The first-order valence-corrected chi connectivity index (χ1v) is 14.9. The second kappa shape index (κ2) is 12.6. The van der Waals surface area contributed by atoms with Gasteiger partial charge in [0.25, 0.3) is 0 Å². The van der Waals surface area contributed by atoms with Crippen molar-refractivity contribution in [3.63, 3.8) is 0 Å². The SMILES string of the molecule is CCn1c2ccc(C(=O)/C(CCSc3cccc(C)c3)=N/OC(C)=O)cc2c2cc(C(=O)c3ccccc3C)ccc21. The van der Waals surface area contributed by atoms with Crippen LogP contribution in [0.15, 0.2) is 95.0 Å². The molecule has 0 saturated carbocycles. The number of hydrogen-bond acceptors (Lipinski definition) is 6. The lowest BCUT2D eigenvalue weighted by atomic mass is 9.97. The zero-order valence-electron chi connectivity index (χ0n) is 24.1. The summed E-state index contributed by atoms with van der Waals surface area (Å²) >= 11 is 1.62. The van der Waals surface area contributed by atoms with E-state index in [9.17, 15) is 14.4 Å². The number of oxime groups is 1. The van der Waals surface area contributed by atoms with Crippen LogP contribution in [0.5, 0.6) is 0 Å². The highest BCUT2D eigenvalue weighted by Crippen LogP contribution is 2.32. The number of Topliss-reactive ketones (excluding diaryl/α,β-unsaturated/α-hetero) is 1. The third-order valence-corrected chi connectivity index (χ3v) is 8.23. The van der Waals surface area contributed by atoms with Crippen molar-refractivity contribution in [3.8, 4) is 0 Å². The van der Waals surface area contributed by atoms with Crippen LogP contribution in [0.25, 0.3) is 21.8 Å². The average molecular weight is 577 g/mol. The van der Waals surface area contributed by atoms with Crippen LogP contribution in [0, 0.1) is 13.8 Å². The summed E-state index contributed by atoms with van der Waals surface area (Å²) in [6.07, 6.45) is 0.328. The van der Waals surface area contributed by atoms with Gasteiger partial charge in [-0.15, -0.1) is 11.8 Å². The molecule has 0 bridgehead atoms. The molecule has 5 rings (SSSR count). The first-order chi connectivity index (χ1) is 20.3. The summed E-state index contributed by atoms with van der Waals surface area (Å²) in [5.41, 5.74) is 5.93. The highest BCUT2D eigenvalue weighted by molar-refractivity contribution is 7.99. The zero-order chi connectivity index (χ0) is 29.8. The zero-order valence-corrected chi connectivity index (χ0v) is 25.0. The molecule has 5 aromatic rings. The van der Waals surface area contributed by atoms with Gasteiger partial charge in [-0.25, -0.2) is 4.79 Å². The molecule has 0 saturated heterocycles. The van der Waals surface area contributed by atoms with Crippen LogP contribution in [0.3, 0.4) is 0 Å². The second-order valence-corrected chi connectivity index (χ2v) is 11.4. The number of benzene rings is 4. The maximum Gasteiger partial charge on any atom is 0.331 e. The topological polar surface area (TPSA) is 77.7 Å². The minimum Gasteiger partial charge on any atom is -0.341 e. The van der Waals surface area contributed by atoms with E-state index in [4.69, 9.17) is 4.84 Å². The summed E-state index contributed by atoms with van der Waals surface area (Å²) in [5, 5.41) is 5.72. The normalized spacial score (nSPS) is 11.7. The Kier molecular flexibility index (Phi) is 8.69. The number of hydrogen-bond donors (Lipinski definition) is 0. The average Bonchev–Trinajstić information content (AvgIpc) is 3.30. The van der Waals surface area contributed by atoms with Crippen molar-refractivity contribution in [2.45, 2.75) is 45.6 Å². The smallest absolute Gasteiger partial charge is 0.331 e. The van der Waals surface area contributed by atoms with E-state index >= 15 is 0 Å². The molecular weight excluding hydrogens is 544 g/mol. The number of carbonyl (C=O) groups excluding carboxylic acids is 3. The summed E-state index contributed by atoms with van der Waals surface area (Å²) in [5.74, 6) is -0.329. The number of aryl methyl sites for hydroxylation is 3. The Morgan fingerprint density at radius 2 is 1.52 bits per heavy atom. The molecule has 0 atom stereocenters. The molecule has 1 aromatic heterocycles. The predicted octanol–water partition coefficient (Wildman–Crippen LogP) is 7.95. The van der Waals surface area contributed by atoms with Crippen LogP contribution in [-0.4, -0.2) is 33.6 Å². The Balaban J connectivity index is 1.51. The van der Waals surface area contributed by atoms with Crippen LogP contribution < -0.4 is 0 Å². The highest BCUT2D eigenvalue weighted by Gasteiger charge is 2.20. The molecule has 0 fully saturated rings. The van der Waals surface area contributed by atoms with Gasteiger partial charge in [0, 0.05) is 69.0 Å². The van der Waals surface area contributed by atoms with Gasteiger partial charge in [-0.3, -0.25) is 9.59 Å². The quantitative estimate of drug-likeness (QED) is 0.0554. The summed E-state index contributed by atoms with van der Waals surface area (Å²) in [4.78, 5) is 44.7. The van der Waals surface area contributed by atoms with Crippen molar-refractivity contribution >= 4 is 56.8 Å². The van der Waals surface area contributed by atoms with Crippen LogP contribution in [0.2, 0.25) is 0 Å². The van der Waals surface area contributed by atoms with Gasteiger partial charge >= 0.3 is 5.97 Å². The molecule has 4 aromatic carbocycles. The van der Waals surface area contributed by atoms with Crippen LogP contribution in [0.1, 0.15) is 57.7 Å². The Labute approximate surface area is 249 Å². The molecule has 6 nitrogen and oxygen atoms in total. The van der Waals surface area contributed by atoms with E-state index in [2.05, 4.69) is 22.7 Å². The van der Waals surface area contributed by atoms with Crippen molar-refractivity contribution in [3.05, 3.63) is 113 Å². The molecule has 0 radical (unpaired) electrons. The van der Waals surface area contributed by atoms with E-state index in [0.717, 1.165) is 44.4 Å². The Hall–Kier alpha value is -4.49. The van der Waals surface area contributed by atoms with Crippen molar-refractivity contribution < 1.29 is 19.2 Å². The minimum absolute atomic E-state index is 0.0402. The fourth-order valence-electron chi connectivity index (χ4n) is 5.17.